The van der Waals surface area contributed by atoms with Crippen LogP contribution in [0.1, 0.15) is 26.2 Å². The summed E-state index contributed by atoms with van der Waals surface area (Å²) in [4.78, 5) is 10.9. The lowest BCUT2D eigenvalue weighted by Crippen LogP contribution is -2.22. The van der Waals surface area contributed by atoms with Gasteiger partial charge in [0.05, 0.1) is 13.2 Å². The van der Waals surface area contributed by atoms with E-state index in [0.717, 1.165) is 25.0 Å². The highest BCUT2D eigenvalue weighted by atomic mass is 16.5. The van der Waals surface area contributed by atoms with E-state index in [1.165, 1.54) is 6.08 Å². The summed E-state index contributed by atoms with van der Waals surface area (Å²) in [5, 5.41) is 0. The van der Waals surface area contributed by atoms with Crippen molar-refractivity contribution in [1.82, 2.24) is 0 Å². The SMILES string of the molecule is CCCC1CC(OC)=CC(=O)O1. The minimum Gasteiger partial charge on any atom is -0.501 e. The fourth-order valence-corrected chi connectivity index (χ4v) is 1.28. The standard InChI is InChI=1S/C9H14O3/c1-3-4-7-5-8(11-2)6-9(10)12-7/h6-7H,3-5H2,1-2H3. The summed E-state index contributed by atoms with van der Waals surface area (Å²) in [5.74, 6) is 0.446. The van der Waals surface area contributed by atoms with E-state index in [2.05, 4.69) is 6.92 Å². The number of methoxy groups -OCH3 is 1. The third-order valence-electron chi connectivity index (χ3n) is 1.86. The Morgan fingerprint density at radius 1 is 1.75 bits per heavy atom. The molecule has 0 spiro atoms. The van der Waals surface area contributed by atoms with Gasteiger partial charge >= 0.3 is 5.97 Å². The van der Waals surface area contributed by atoms with Crippen LogP contribution < -0.4 is 0 Å². The van der Waals surface area contributed by atoms with Crippen LogP contribution in [-0.4, -0.2) is 19.2 Å². The van der Waals surface area contributed by atoms with E-state index in [4.69, 9.17) is 9.47 Å². The fourth-order valence-electron chi connectivity index (χ4n) is 1.28. The Hall–Kier alpha value is -0.990. The first kappa shape index (κ1) is 9.10. The second kappa shape index (κ2) is 4.14. The maximum absolute atomic E-state index is 10.9. The number of esters is 1. The predicted molar refractivity (Wildman–Crippen MR) is 44.5 cm³/mol. The molecule has 68 valence electrons. The van der Waals surface area contributed by atoms with E-state index < -0.39 is 0 Å². The Morgan fingerprint density at radius 3 is 3.08 bits per heavy atom. The minimum atomic E-state index is -0.281. The van der Waals surface area contributed by atoms with Crippen LogP contribution in [0.3, 0.4) is 0 Å². The first-order valence-corrected chi connectivity index (χ1v) is 4.21. The lowest BCUT2D eigenvalue weighted by molar-refractivity contribution is -0.145. The molecule has 1 aliphatic rings. The Bertz CT molecular complexity index is 196. The number of rotatable bonds is 3. The zero-order chi connectivity index (χ0) is 8.97. The van der Waals surface area contributed by atoms with Crippen LogP contribution in [0.15, 0.2) is 11.8 Å². The van der Waals surface area contributed by atoms with E-state index in [-0.39, 0.29) is 12.1 Å². The molecule has 0 aromatic carbocycles. The van der Waals surface area contributed by atoms with Gasteiger partial charge in [0.25, 0.3) is 0 Å². The number of carbonyl (C=O) groups excluding carboxylic acids is 1. The monoisotopic (exact) mass is 170 g/mol. The van der Waals surface area contributed by atoms with E-state index in [9.17, 15) is 4.79 Å². The second-order valence-corrected chi connectivity index (χ2v) is 2.87. The number of ether oxygens (including phenoxy) is 2. The quantitative estimate of drug-likeness (QED) is 0.604. The van der Waals surface area contributed by atoms with Crippen LogP contribution >= 0.6 is 0 Å². The van der Waals surface area contributed by atoms with Crippen LogP contribution in [0.4, 0.5) is 0 Å². The second-order valence-electron chi connectivity index (χ2n) is 2.87. The van der Waals surface area contributed by atoms with Gasteiger partial charge < -0.3 is 9.47 Å². The maximum atomic E-state index is 10.9. The number of cyclic esters (lactones) is 1. The summed E-state index contributed by atoms with van der Waals surface area (Å²) >= 11 is 0. The van der Waals surface area contributed by atoms with Crippen molar-refractivity contribution in [3.8, 4) is 0 Å². The van der Waals surface area contributed by atoms with Crippen molar-refractivity contribution in [2.24, 2.45) is 0 Å². The molecular formula is C9H14O3. The maximum Gasteiger partial charge on any atom is 0.334 e. The van der Waals surface area contributed by atoms with Gasteiger partial charge in [-0.3, -0.25) is 0 Å². The number of hydrogen-bond donors (Lipinski definition) is 0. The number of hydrogen-bond acceptors (Lipinski definition) is 3. The molecule has 0 saturated carbocycles. The van der Waals surface area contributed by atoms with Gasteiger partial charge in [0.15, 0.2) is 0 Å². The molecule has 1 heterocycles. The summed E-state index contributed by atoms with van der Waals surface area (Å²) in [6.07, 6.45) is 4.08. The molecule has 1 rings (SSSR count). The molecule has 0 N–H and O–H groups in total. The predicted octanol–water partition coefficient (Wildman–Crippen LogP) is 1.63. The van der Waals surface area contributed by atoms with Gasteiger partial charge in [-0.05, 0) is 6.42 Å². The molecular weight excluding hydrogens is 156 g/mol. The molecule has 0 bridgehead atoms. The molecule has 1 aliphatic heterocycles. The van der Waals surface area contributed by atoms with Crippen molar-refractivity contribution < 1.29 is 14.3 Å². The zero-order valence-corrected chi connectivity index (χ0v) is 7.50. The van der Waals surface area contributed by atoms with Crippen LogP contribution in [0.5, 0.6) is 0 Å². The molecule has 0 saturated heterocycles. The zero-order valence-electron chi connectivity index (χ0n) is 7.50. The van der Waals surface area contributed by atoms with Gasteiger partial charge in [0.1, 0.15) is 11.9 Å². The Labute approximate surface area is 72.4 Å². The first-order valence-electron chi connectivity index (χ1n) is 4.21. The normalized spacial score (nSPS) is 23.0. The lowest BCUT2D eigenvalue weighted by atomic mass is 10.1. The molecule has 3 heteroatoms. The lowest BCUT2D eigenvalue weighted by Gasteiger charge is -2.21. The fraction of sp³-hybridized carbons (Fsp3) is 0.667. The van der Waals surface area contributed by atoms with Crippen molar-refractivity contribution in [2.45, 2.75) is 32.3 Å². The summed E-state index contributed by atoms with van der Waals surface area (Å²) in [5.41, 5.74) is 0. The van der Waals surface area contributed by atoms with Gasteiger partial charge in [-0.25, -0.2) is 4.79 Å². The molecule has 0 aromatic heterocycles. The molecule has 0 aromatic rings. The topological polar surface area (TPSA) is 35.5 Å². The smallest absolute Gasteiger partial charge is 0.334 e. The largest absolute Gasteiger partial charge is 0.501 e. The highest BCUT2D eigenvalue weighted by Gasteiger charge is 2.20. The molecule has 3 nitrogen and oxygen atoms in total. The third kappa shape index (κ3) is 2.26. The van der Waals surface area contributed by atoms with Crippen molar-refractivity contribution in [3.63, 3.8) is 0 Å². The summed E-state index contributed by atoms with van der Waals surface area (Å²) in [6, 6.07) is 0. The van der Waals surface area contributed by atoms with E-state index in [1.54, 1.807) is 7.11 Å². The van der Waals surface area contributed by atoms with Gasteiger partial charge in [-0.1, -0.05) is 13.3 Å². The first-order chi connectivity index (χ1) is 5.76. The molecule has 1 atom stereocenters. The van der Waals surface area contributed by atoms with Gasteiger partial charge in [0, 0.05) is 6.42 Å². The van der Waals surface area contributed by atoms with Gasteiger partial charge in [-0.15, -0.1) is 0 Å². The molecule has 12 heavy (non-hydrogen) atoms. The van der Waals surface area contributed by atoms with Crippen LogP contribution in [-0.2, 0) is 14.3 Å². The van der Waals surface area contributed by atoms with Crippen molar-refractivity contribution >= 4 is 5.97 Å². The average Bonchev–Trinajstić information content (AvgIpc) is 2.04. The van der Waals surface area contributed by atoms with Crippen molar-refractivity contribution in [2.75, 3.05) is 7.11 Å². The van der Waals surface area contributed by atoms with Crippen LogP contribution in [0.2, 0.25) is 0 Å². The van der Waals surface area contributed by atoms with Crippen molar-refractivity contribution in [3.05, 3.63) is 11.8 Å². The third-order valence-corrected chi connectivity index (χ3v) is 1.86. The van der Waals surface area contributed by atoms with Gasteiger partial charge in [-0.2, -0.15) is 0 Å². The molecule has 0 amide bonds. The molecule has 1 unspecified atom stereocenters. The average molecular weight is 170 g/mol. The number of carbonyl (C=O) groups is 1. The van der Waals surface area contributed by atoms with Crippen molar-refractivity contribution in [1.29, 1.82) is 0 Å². The Morgan fingerprint density at radius 2 is 2.50 bits per heavy atom. The van der Waals surface area contributed by atoms with Crippen LogP contribution in [0.25, 0.3) is 0 Å². The molecule has 0 fully saturated rings. The molecule has 0 aliphatic carbocycles. The Kier molecular flexibility index (Phi) is 3.14. The summed E-state index contributed by atoms with van der Waals surface area (Å²) < 4.78 is 10.1. The summed E-state index contributed by atoms with van der Waals surface area (Å²) in [7, 11) is 1.58. The van der Waals surface area contributed by atoms with E-state index in [0.29, 0.717) is 0 Å². The molecule has 0 radical (unpaired) electrons. The van der Waals surface area contributed by atoms with E-state index in [1.807, 2.05) is 0 Å². The highest BCUT2D eigenvalue weighted by molar-refractivity contribution is 5.83. The minimum absolute atomic E-state index is 0.0162. The van der Waals surface area contributed by atoms with Gasteiger partial charge in [0.2, 0.25) is 0 Å². The summed E-state index contributed by atoms with van der Waals surface area (Å²) in [6.45, 7) is 2.07. The van der Waals surface area contributed by atoms with E-state index >= 15 is 0 Å². The Balaban J connectivity index is 2.53. The van der Waals surface area contributed by atoms with Crippen LogP contribution in [0, 0.1) is 0 Å². The highest BCUT2D eigenvalue weighted by Crippen LogP contribution is 2.19.